The third-order valence-corrected chi connectivity index (χ3v) is 4.98. The first-order chi connectivity index (χ1) is 9.37. The molecule has 2 fully saturated rings. The standard InChI is InChI=1S/C15H27N3O2/c1-5-15(3)14(20)18(11(2)13(19)16-15)10-12-6-8-17(4)9-7-12/h11-12H,5-10H2,1-4H3,(H,16,19). The Labute approximate surface area is 121 Å². The summed E-state index contributed by atoms with van der Waals surface area (Å²) in [6.07, 6.45) is 2.85. The fraction of sp³-hybridized carbons (Fsp3) is 0.867. The van der Waals surface area contributed by atoms with Crippen molar-refractivity contribution in [1.82, 2.24) is 15.1 Å². The molecule has 5 nitrogen and oxygen atoms in total. The van der Waals surface area contributed by atoms with E-state index < -0.39 is 5.54 Å². The van der Waals surface area contributed by atoms with Gasteiger partial charge in [-0.3, -0.25) is 9.59 Å². The molecular weight excluding hydrogens is 254 g/mol. The quantitative estimate of drug-likeness (QED) is 0.834. The number of carbonyl (C=O) groups is 2. The van der Waals surface area contributed by atoms with Crippen LogP contribution in [0.15, 0.2) is 0 Å². The van der Waals surface area contributed by atoms with Gasteiger partial charge in [0.1, 0.15) is 11.6 Å². The number of nitrogens with one attached hydrogen (secondary N) is 1. The molecule has 0 aromatic rings. The van der Waals surface area contributed by atoms with Crippen LogP contribution >= 0.6 is 0 Å². The molecule has 2 saturated heterocycles. The lowest BCUT2D eigenvalue weighted by molar-refractivity contribution is -0.154. The Morgan fingerprint density at radius 3 is 2.45 bits per heavy atom. The summed E-state index contributed by atoms with van der Waals surface area (Å²) < 4.78 is 0. The van der Waals surface area contributed by atoms with Crippen molar-refractivity contribution in [2.45, 2.75) is 51.6 Å². The average molecular weight is 281 g/mol. The third kappa shape index (κ3) is 2.82. The van der Waals surface area contributed by atoms with Crippen molar-refractivity contribution >= 4 is 11.8 Å². The van der Waals surface area contributed by atoms with Crippen LogP contribution in [0, 0.1) is 5.92 Å². The van der Waals surface area contributed by atoms with E-state index in [2.05, 4.69) is 17.3 Å². The zero-order valence-electron chi connectivity index (χ0n) is 13.1. The fourth-order valence-electron chi connectivity index (χ4n) is 3.07. The number of rotatable bonds is 3. The molecule has 0 saturated carbocycles. The second kappa shape index (κ2) is 5.72. The first-order valence-electron chi connectivity index (χ1n) is 7.69. The lowest BCUT2D eigenvalue weighted by Gasteiger charge is -2.45. The normalized spacial score (nSPS) is 33.4. The van der Waals surface area contributed by atoms with Crippen LogP contribution in [-0.4, -0.2) is 59.9 Å². The third-order valence-electron chi connectivity index (χ3n) is 4.98. The van der Waals surface area contributed by atoms with Crippen molar-refractivity contribution in [3.63, 3.8) is 0 Å². The number of nitrogens with zero attached hydrogens (tertiary/aromatic N) is 2. The summed E-state index contributed by atoms with van der Waals surface area (Å²) in [5.74, 6) is 0.567. The van der Waals surface area contributed by atoms with Crippen molar-refractivity contribution in [2.75, 3.05) is 26.7 Å². The number of hydrogen-bond donors (Lipinski definition) is 1. The van der Waals surface area contributed by atoms with Crippen LogP contribution in [0.5, 0.6) is 0 Å². The molecule has 114 valence electrons. The Morgan fingerprint density at radius 1 is 1.30 bits per heavy atom. The summed E-state index contributed by atoms with van der Waals surface area (Å²) in [5.41, 5.74) is -0.727. The predicted octanol–water partition coefficient (Wildman–Crippen LogP) is 0.844. The van der Waals surface area contributed by atoms with Gasteiger partial charge in [0.05, 0.1) is 0 Å². The second-order valence-electron chi connectivity index (χ2n) is 6.56. The first-order valence-corrected chi connectivity index (χ1v) is 7.69. The van der Waals surface area contributed by atoms with Crippen LogP contribution in [0.25, 0.3) is 0 Å². The number of likely N-dealkylation sites (tertiary alicyclic amines) is 1. The van der Waals surface area contributed by atoms with Gasteiger partial charge in [0, 0.05) is 6.54 Å². The molecule has 2 atom stereocenters. The molecule has 0 aliphatic carbocycles. The molecule has 0 aromatic heterocycles. The van der Waals surface area contributed by atoms with E-state index in [9.17, 15) is 9.59 Å². The van der Waals surface area contributed by atoms with Crippen molar-refractivity contribution in [3.8, 4) is 0 Å². The van der Waals surface area contributed by atoms with E-state index in [1.54, 1.807) is 4.90 Å². The molecule has 0 spiro atoms. The minimum atomic E-state index is -0.727. The average Bonchev–Trinajstić information content (AvgIpc) is 2.43. The van der Waals surface area contributed by atoms with E-state index in [0.29, 0.717) is 12.3 Å². The Balaban J connectivity index is 2.07. The predicted molar refractivity (Wildman–Crippen MR) is 78.2 cm³/mol. The van der Waals surface area contributed by atoms with Crippen molar-refractivity contribution in [1.29, 1.82) is 0 Å². The molecule has 0 aromatic carbocycles. The number of carbonyl (C=O) groups excluding carboxylic acids is 2. The smallest absolute Gasteiger partial charge is 0.248 e. The lowest BCUT2D eigenvalue weighted by atomic mass is 9.89. The number of piperazine rings is 1. The maximum Gasteiger partial charge on any atom is 0.248 e. The minimum absolute atomic E-state index is 0.0260. The van der Waals surface area contributed by atoms with Gasteiger partial charge in [-0.2, -0.15) is 0 Å². The summed E-state index contributed by atoms with van der Waals surface area (Å²) in [4.78, 5) is 28.9. The number of piperidine rings is 1. The van der Waals surface area contributed by atoms with Crippen molar-refractivity contribution in [2.24, 2.45) is 5.92 Å². The highest BCUT2D eigenvalue weighted by molar-refractivity contribution is 5.99. The number of hydrogen-bond acceptors (Lipinski definition) is 3. The maximum absolute atomic E-state index is 12.7. The summed E-state index contributed by atoms with van der Waals surface area (Å²) >= 11 is 0. The monoisotopic (exact) mass is 281 g/mol. The zero-order chi connectivity index (χ0) is 14.9. The van der Waals surface area contributed by atoms with E-state index in [4.69, 9.17) is 0 Å². The second-order valence-corrected chi connectivity index (χ2v) is 6.56. The molecule has 1 N–H and O–H groups in total. The van der Waals surface area contributed by atoms with E-state index in [0.717, 1.165) is 32.5 Å². The molecule has 2 amide bonds. The Hall–Kier alpha value is -1.10. The lowest BCUT2D eigenvalue weighted by Crippen LogP contribution is -2.68. The maximum atomic E-state index is 12.7. The molecular formula is C15H27N3O2. The molecule has 2 heterocycles. The van der Waals surface area contributed by atoms with Crippen LogP contribution in [0.3, 0.4) is 0 Å². The van der Waals surface area contributed by atoms with Gasteiger partial charge in [0.15, 0.2) is 0 Å². The van der Waals surface area contributed by atoms with Gasteiger partial charge in [-0.25, -0.2) is 0 Å². The van der Waals surface area contributed by atoms with E-state index in [1.807, 2.05) is 20.8 Å². The Morgan fingerprint density at radius 2 is 1.90 bits per heavy atom. The molecule has 2 unspecified atom stereocenters. The van der Waals surface area contributed by atoms with Crippen LogP contribution in [0.2, 0.25) is 0 Å². The summed E-state index contributed by atoms with van der Waals surface area (Å²) in [5, 5.41) is 2.88. The Kier molecular flexibility index (Phi) is 4.37. The van der Waals surface area contributed by atoms with E-state index in [-0.39, 0.29) is 17.9 Å². The fourth-order valence-corrected chi connectivity index (χ4v) is 3.07. The summed E-state index contributed by atoms with van der Waals surface area (Å²) in [6.45, 7) is 8.49. The molecule has 2 aliphatic rings. The highest BCUT2D eigenvalue weighted by atomic mass is 16.2. The molecule has 20 heavy (non-hydrogen) atoms. The van der Waals surface area contributed by atoms with Crippen LogP contribution in [0.4, 0.5) is 0 Å². The molecule has 0 radical (unpaired) electrons. The van der Waals surface area contributed by atoms with Gasteiger partial charge in [0.2, 0.25) is 11.8 Å². The SMILES string of the molecule is CCC1(C)NC(=O)C(C)N(CC2CCN(C)CC2)C1=O. The van der Waals surface area contributed by atoms with Gasteiger partial charge >= 0.3 is 0 Å². The van der Waals surface area contributed by atoms with Crippen LogP contribution in [0.1, 0.15) is 40.0 Å². The van der Waals surface area contributed by atoms with Gasteiger partial charge in [-0.1, -0.05) is 6.92 Å². The molecule has 0 bridgehead atoms. The Bertz CT molecular complexity index is 391. The van der Waals surface area contributed by atoms with Crippen LogP contribution in [-0.2, 0) is 9.59 Å². The highest BCUT2D eigenvalue weighted by Crippen LogP contribution is 2.25. The van der Waals surface area contributed by atoms with Gasteiger partial charge in [0.25, 0.3) is 0 Å². The summed E-state index contributed by atoms with van der Waals surface area (Å²) in [6, 6.07) is -0.346. The molecule has 5 heteroatoms. The zero-order valence-corrected chi connectivity index (χ0v) is 13.1. The largest absolute Gasteiger partial charge is 0.340 e. The van der Waals surface area contributed by atoms with E-state index in [1.165, 1.54) is 0 Å². The van der Waals surface area contributed by atoms with Crippen molar-refractivity contribution < 1.29 is 9.59 Å². The molecule has 2 aliphatic heterocycles. The summed E-state index contributed by atoms with van der Waals surface area (Å²) in [7, 11) is 2.13. The van der Waals surface area contributed by atoms with Crippen LogP contribution < -0.4 is 5.32 Å². The van der Waals surface area contributed by atoms with Crippen molar-refractivity contribution in [3.05, 3.63) is 0 Å². The first kappa shape index (κ1) is 15.3. The number of amides is 2. The highest BCUT2D eigenvalue weighted by Gasteiger charge is 2.45. The van der Waals surface area contributed by atoms with Gasteiger partial charge in [-0.05, 0) is 59.2 Å². The van der Waals surface area contributed by atoms with Gasteiger partial charge < -0.3 is 15.1 Å². The minimum Gasteiger partial charge on any atom is -0.340 e. The van der Waals surface area contributed by atoms with E-state index >= 15 is 0 Å². The molecule has 2 rings (SSSR count). The van der Waals surface area contributed by atoms with Gasteiger partial charge in [-0.15, -0.1) is 0 Å². The topological polar surface area (TPSA) is 52.7 Å².